The van der Waals surface area contributed by atoms with Gasteiger partial charge in [0.25, 0.3) is 0 Å². The molecule has 1 aromatic rings. The maximum absolute atomic E-state index is 11.8. The van der Waals surface area contributed by atoms with Crippen molar-refractivity contribution in [3.8, 4) is 5.75 Å². The number of hydrogen-bond acceptors (Lipinski definition) is 5. The fraction of sp³-hybridized carbons (Fsp3) is 0.500. The molecule has 0 aliphatic carbocycles. The molecule has 0 spiro atoms. The lowest BCUT2D eigenvalue weighted by Crippen LogP contribution is -2.44. The summed E-state index contributed by atoms with van der Waals surface area (Å²) in [6.07, 6.45) is 4.16. The molecule has 0 aromatic heterocycles. The quantitative estimate of drug-likeness (QED) is 0.586. The molecule has 1 aliphatic rings. The molecule has 0 amide bonds. The van der Waals surface area contributed by atoms with Crippen LogP contribution in [0.4, 0.5) is 0 Å². The van der Waals surface area contributed by atoms with Crippen molar-refractivity contribution in [2.75, 3.05) is 45.9 Å². The van der Waals surface area contributed by atoms with Crippen LogP contribution in [0.1, 0.15) is 18.9 Å². The SMILES string of the molecule is CCCOc1ccccc1/C=C/C(=O)OCCN1CCNCC1. The molecule has 1 fully saturated rings. The summed E-state index contributed by atoms with van der Waals surface area (Å²) in [5.74, 6) is 0.477. The Morgan fingerprint density at radius 1 is 1.26 bits per heavy atom. The predicted molar refractivity (Wildman–Crippen MR) is 91.5 cm³/mol. The average molecular weight is 318 g/mol. The van der Waals surface area contributed by atoms with E-state index in [2.05, 4.69) is 17.1 Å². The molecule has 1 aliphatic heterocycles. The summed E-state index contributed by atoms with van der Waals surface area (Å²) in [4.78, 5) is 14.1. The highest BCUT2D eigenvalue weighted by Crippen LogP contribution is 2.19. The second kappa shape index (κ2) is 10.0. The first kappa shape index (κ1) is 17.5. The molecule has 1 heterocycles. The van der Waals surface area contributed by atoms with Gasteiger partial charge in [-0.25, -0.2) is 4.79 Å². The number of para-hydroxylation sites is 1. The molecule has 0 unspecified atom stereocenters. The van der Waals surface area contributed by atoms with Crippen LogP contribution >= 0.6 is 0 Å². The van der Waals surface area contributed by atoms with Crippen LogP contribution in [0.25, 0.3) is 6.08 Å². The smallest absolute Gasteiger partial charge is 0.330 e. The van der Waals surface area contributed by atoms with E-state index in [1.54, 1.807) is 6.08 Å². The maximum atomic E-state index is 11.8. The monoisotopic (exact) mass is 318 g/mol. The van der Waals surface area contributed by atoms with Crippen molar-refractivity contribution in [3.05, 3.63) is 35.9 Å². The molecule has 126 valence electrons. The van der Waals surface area contributed by atoms with Crippen molar-refractivity contribution >= 4 is 12.0 Å². The Morgan fingerprint density at radius 2 is 2.04 bits per heavy atom. The molecule has 23 heavy (non-hydrogen) atoms. The standard InChI is InChI=1S/C18H26N2O3/c1-2-14-22-17-6-4-3-5-16(17)7-8-18(21)23-15-13-20-11-9-19-10-12-20/h3-8,19H,2,9-15H2,1H3/b8-7+. The topological polar surface area (TPSA) is 50.8 Å². The van der Waals surface area contributed by atoms with Crippen LogP contribution in [0.2, 0.25) is 0 Å². The molecule has 5 heteroatoms. The summed E-state index contributed by atoms with van der Waals surface area (Å²) in [5, 5.41) is 3.30. The Bertz CT molecular complexity index is 511. The van der Waals surface area contributed by atoms with Gasteiger partial charge in [-0.2, -0.15) is 0 Å². The van der Waals surface area contributed by atoms with Crippen molar-refractivity contribution in [3.63, 3.8) is 0 Å². The average Bonchev–Trinajstić information content (AvgIpc) is 2.60. The van der Waals surface area contributed by atoms with Crippen molar-refractivity contribution in [2.24, 2.45) is 0 Å². The second-order valence-corrected chi connectivity index (χ2v) is 5.48. The third kappa shape index (κ3) is 6.42. The van der Waals surface area contributed by atoms with Crippen LogP contribution < -0.4 is 10.1 Å². The minimum absolute atomic E-state index is 0.314. The number of ether oxygens (including phenoxy) is 2. The van der Waals surface area contributed by atoms with E-state index in [1.165, 1.54) is 6.08 Å². The van der Waals surface area contributed by atoms with E-state index in [0.29, 0.717) is 13.2 Å². The highest BCUT2D eigenvalue weighted by molar-refractivity contribution is 5.87. The molecular weight excluding hydrogens is 292 g/mol. The molecule has 0 bridgehead atoms. The number of rotatable bonds is 8. The van der Waals surface area contributed by atoms with Gasteiger partial charge in [-0.1, -0.05) is 25.1 Å². The minimum atomic E-state index is -0.314. The van der Waals surface area contributed by atoms with Crippen molar-refractivity contribution in [1.29, 1.82) is 0 Å². The van der Waals surface area contributed by atoms with Crippen LogP contribution in [0, 0.1) is 0 Å². The minimum Gasteiger partial charge on any atom is -0.493 e. The second-order valence-electron chi connectivity index (χ2n) is 5.48. The molecule has 1 N–H and O–H groups in total. The van der Waals surface area contributed by atoms with E-state index in [-0.39, 0.29) is 5.97 Å². The Balaban J connectivity index is 1.76. The molecule has 0 atom stereocenters. The van der Waals surface area contributed by atoms with E-state index in [1.807, 2.05) is 24.3 Å². The molecule has 0 radical (unpaired) electrons. The van der Waals surface area contributed by atoms with Gasteiger partial charge in [0.15, 0.2) is 0 Å². The van der Waals surface area contributed by atoms with Crippen LogP contribution in [0.15, 0.2) is 30.3 Å². The van der Waals surface area contributed by atoms with Crippen LogP contribution in [-0.4, -0.2) is 56.8 Å². The third-order valence-electron chi connectivity index (χ3n) is 3.64. The highest BCUT2D eigenvalue weighted by atomic mass is 16.5. The van der Waals surface area contributed by atoms with Gasteiger partial charge in [-0.05, 0) is 18.6 Å². The normalized spacial score (nSPS) is 15.7. The molecule has 5 nitrogen and oxygen atoms in total. The number of nitrogens with zero attached hydrogens (tertiary/aromatic N) is 1. The largest absolute Gasteiger partial charge is 0.493 e. The first-order valence-corrected chi connectivity index (χ1v) is 8.29. The van der Waals surface area contributed by atoms with Crippen molar-refractivity contribution in [1.82, 2.24) is 10.2 Å². The Hall–Kier alpha value is -1.85. The summed E-state index contributed by atoms with van der Waals surface area (Å²) in [6, 6.07) is 7.68. The number of carbonyl (C=O) groups excluding carboxylic acids is 1. The van der Waals surface area contributed by atoms with Gasteiger partial charge in [-0.15, -0.1) is 0 Å². The number of carbonyl (C=O) groups is 1. The zero-order chi connectivity index (χ0) is 16.3. The zero-order valence-corrected chi connectivity index (χ0v) is 13.8. The van der Waals surface area contributed by atoms with Gasteiger partial charge in [0.05, 0.1) is 6.61 Å². The summed E-state index contributed by atoms with van der Waals surface area (Å²) >= 11 is 0. The Labute approximate surface area is 138 Å². The summed E-state index contributed by atoms with van der Waals surface area (Å²) in [7, 11) is 0. The number of benzene rings is 1. The van der Waals surface area contributed by atoms with Gasteiger partial charge >= 0.3 is 5.97 Å². The van der Waals surface area contributed by atoms with Gasteiger partial charge < -0.3 is 14.8 Å². The van der Waals surface area contributed by atoms with Gasteiger partial charge in [0.2, 0.25) is 0 Å². The van der Waals surface area contributed by atoms with Crippen molar-refractivity contribution in [2.45, 2.75) is 13.3 Å². The fourth-order valence-corrected chi connectivity index (χ4v) is 2.38. The lowest BCUT2D eigenvalue weighted by molar-refractivity contribution is -0.138. The number of esters is 1. The van der Waals surface area contributed by atoms with E-state index >= 15 is 0 Å². The lowest BCUT2D eigenvalue weighted by atomic mass is 10.2. The Morgan fingerprint density at radius 3 is 2.83 bits per heavy atom. The van der Waals surface area contributed by atoms with Crippen LogP contribution in [0.5, 0.6) is 5.75 Å². The maximum Gasteiger partial charge on any atom is 0.330 e. The lowest BCUT2D eigenvalue weighted by Gasteiger charge is -2.26. The van der Waals surface area contributed by atoms with Crippen LogP contribution in [-0.2, 0) is 9.53 Å². The predicted octanol–water partition coefficient (Wildman–Crippen LogP) is 1.94. The van der Waals surface area contributed by atoms with E-state index in [4.69, 9.17) is 9.47 Å². The summed E-state index contributed by atoms with van der Waals surface area (Å²) < 4.78 is 10.9. The van der Waals surface area contributed by atoms with Gasteiger partial charge in [0.1, 0.15) is 12.4 Å². The molecular formula is C18H26N2O3. The zero-order valence-electron chi connectivity index (χ0n) is 13.8. The number of piperazine rings is 1. The fourth-order valence-electron chi connectivity index (χ4n) is 2.38. The van der Waals surface area contributed by atoms with Gasteiger partial charge in [-0.3, -0.25) is 4.90 Å². The number of hydrogen-bond donors (Lipinski definition) is 1. The van der Waals surface area contributed by atoms with Crippen LogP contribution in [0.3, 0.4) is 0 Å². The molecule has 1 saturated heterocycles. The highest BCUT2D eigenvalue weighted by Gasteiger charge is 2.09. The first-order valence-electron chi connectivity index (χ1n) is 8.29. The van der Waals surface area contributed by atoms with E-state index in [9.17, 15) is 4.79 Å². The van der Waals surface area contributed by atoms with E-state index < -0.39 is 0 Å². The third-order valence-corrected chi connectivity index (χ3v) is 3.64. The van der Waals surface area contributed by atoms with Gasteiger partial charge in [0, 0.05) is 44.4 Å². The van der Waals surface area contributed by atoms with Crippen molar-refractivity contribution < 1.29 is 14.3 Å². The molecule has 0 saturated carbocycles. The first-order chi connectivity index (χ1) is 11.3. The number of nitrogens with one attached hydrogen (secondary N) is 1. The molecule has 2 rings (SSSR count). The summed E-state index contributed by atoms with van der Waals surface area (Å²) in [6.45, 7) is 7.97. The van der Waals surface area contributed by atoms with E-state index in [0.717, 1.165) is 50.5 Å². The molecule has 1 aromatic carbocycles. The Kier molecular flexibility index (Phi) is 7.63. The summed E-state index contributed by atoms with van der Waals surface area (Å²) in [5.41, 5.74) is 0.889.